The molecule has 0 bridgehead atoms. The molecule has 4 nitrogen and oxygen atoms in total. The molecule has 1 rings (SSSR count). The minimum Gasteiger partial charge on any atom is -0.467 e. The lowest BCUT2D eigenvalue weighted by atomic mass is 10.3. The lowest BCUT2D eigenvalue weighted by Gasteiger charge is -2.11. The van der Waals surface area contributed by atoms with Gasteiger partial charge in [-0.15, -0.1) is 0 Å². The largest absolute Gasteiger partial charge is 0.467 e. The van der Waals surface area contributed by atoms with Crippen molar-refractivity contribution in [3.8, 4) is 0 Å². The van der Waals surface area contributed by atoms with Crippen molar-refractivity contribution in [3.63, 3.8) is 0 Å². The topological polar surface area (TPSA) is 51.2 Å². The molecule has 1 atom stereocenters. The van der Waals surface area contributed by atoms with Crippen LogP contribution in [0.1, 0.15) is 6.92 Å². The molecule has 1 N–H and O–H groups in total. The first-order chi connectivity index (χ1) is 6.63. The fraction of sp³-hybridized carbons (Fsp3) is 0.333. The van der Waals surface area contributed by atoms with E-state index in [9.17, 15) is 4.79 Å². The van der Waals surface area contributed by atoms with Gasteiger partial charge in [0.2, 0.25) is 0 Å². The Kier molecular flexibility index (Phi) is 3.71. The third-order valence-corrected chi connectivity index (χ3v) is 1.84. The van der Waals surface area contributed by atoms with Crippen molar-refractivity contribution in [2.24, 2.45) is 0 Å². The second kappa shape index (κ2) is 4.81. The summed E-state index contributed by atoms with van der Waals surface area (Å²) in [5, 5.41) is 3.24. The van der Waals surface area contributed by atoms with Gasteiger partial charge in [0.15, 0.2) is 0 Å². The van der Waals surface area contributed by atoms with Crippen LogP contribution in [0.2, 0.25) is 5.15 Å². The van der Waals surface area contributed by atoms with Crippen LogP contribution in [-0.2, 0) is 9.53 Å². The molecule has 1 aromatic rings. The molecule has 0 aliphatic carbocycles. The highest BCUT2D eigenvalue weighted by Crippen LogP contribution is 2.10. The SMILES string of the molecule is COC(=O)C(C)Nc1cccc(Cl)n1. The van der Waals surface area contributed by atoms with Gasteiger partial charge in [-0.25, -0.2) is 9.78 Å². The summed E-state index contributed by atoms with van der Waals surface area (Å²) >= 11 is 5.67. The molecule has 14 heavy (non-hydrogen) atoms. The average molecular weight is 215 g/mol. The van der Waals surface area contributed by atoms with E-state index in [0.29, 0.717) is 11.0 Å². The van der Waals surface area contributed by atoms with Crippen LogP contribution in [0.4, 0.5) is 5.82 Å². The zero-order chi connectivity index (χ0) is 10.6. The Bertz CT molecular complexity index is 330. The molecular formula is C9H11ClN2O2. The maximum atomic E-state index is 11.1. The number of nitrogens with one attached hydrogen (secondary N) is 1. The molecule has 0 radical (unpaired) electrons. The standard InChI is InChI=1S/C9H11ClN2O2/c1-6(9(13)14-2)11-8-5-3-4-7(10)12-8/h3-6H,1-2H3,(H,11,12). The molecule has 1 heterocycles. The molecule has 0 fully saturated rings. The van der Waals surface area contributed by atoms with Gasteiger partial charge in [0.05, 0.1) is 7.11 Å². The van der Waals surface area contributed by atoms with E-state index >= 15 is 0 Å². The number of pyridine rings is 1. The molecule has 0 spiro atoms. The Morgan fingerprint density at radius 3 is 2.93 bits per heavy atom. The predicted octanol–water partition coefficient (Wildman–Crippen LogP) is 1.71. The van der Waals surface area contributed by atoms with Crippen molar-refractivity contribution in [1.29, 1.82) is 0 Å². The van der Waals surface area contributed by atoms with E-state index in [1.54, 1.807) is 25.1 Å². The number of aromatic nitrogens is 1. The van der Waals surface area contributed by atoms with Crippen LogP contribution < -0.4 is 5.32 Å². The Hall–Kier alpha value is -1.29. The molecular weight excluding hydrogens is 204 g/mol. The lowest BCUT2D eigenvalue weighted by Crippen LogP contribution is -2.27. The second-order valence-electron chi connectivity index (χ2n) is 2.73. The van der Waals surface area contributed by atoms with Crippen LogP contribution >= 0.6 is 11.6 Å². The summed E-state index contributed by atoms with van der Waals surface area (Å²) in [6, 6.07) is 4.70. The Labute approximate surface area is 87.2 Å². The van der Waals surface area contributed by atoms with E-state index in [2.05, 4.69) is 15.0 Å². The van der Waals surface area contributed by atoms with Crippen molar-refractivity contribution in [2.45, 2.75) is 13.0 Å². The van der Waals surface area contributed by atoms with Gasteiger partial charge >= 0.3 is 5.97 Å². The molecule has 0 saturated heterocycles. The molecule has 1 unspecified atom stereocenters. The van der Waals surface area contributed by atoms with Crippen LogP contribution in [0, 0.1) is 0 Å². The van der Waals surface area contributed by atoms with Gasteiger partial charge in [-0.05, 0) is 19.1 Å². The molecule has 76 valence electrons. The molecule has 0 saturated carbocycles. The summed E-state index contributed by atoms with van der Waals surface area (Å²) in [6.45, 7) is 1.69. The van der Waals surface area contributed by atoms with Gasteiger partial charge in [0, 0.05) is 0 Å². The summed E-state index contributed by atoms with van der Waals surface area (Å²) in [5.74, 6) is 0.210. The lowest BCUT2D eigenvalue weighted by molar-refractivity contribution is -0.141. The minimum absolute atomic E-state index is 0.341. The van der Waals surface area contributed by atoms with Crippen LogP contribution in [0.15, 0.2) is 18.2 Å². The number of nitrogens with zero attached hydrogens (tertiary/aromatic N) is 1. The summed E-state index contributed by atoms with van der Waals surface area (Å²) in [7, 11) is 1.34. The Morgan fingerprint density at radius 2 is 2.36 bits per heavy atom. The molecule has 0 amide bonds. The van der Waals surface area contributed by atoms with Gasteiger partial charge in [-0.1, -0.05) is 17.7 Å². The first-order valence-electron chi connectivity index (χ1n) is 4.10. The molecule has 1 aromatic heterocycles. The summed E-state index contributed by atoms with van der Waals surface area (Å²) in [6.07, 6.45) is 0. The number of carbonyl (C=O) groups is 1. The number of halogens is 1. The smallest absolute Gasteiger partial charge is 0.328 e. The van der Waals surface area contributed by atoms with Crippen molar-refractivity contribution >= 4 is 23.4 Å². The number of hydrogen-bond acceptors (Lipinski definition) is 4. The van der Waals surface area contributed by atoms with Gasteiger partial charge in [-0.2, -0.15) is 0 Å². The highest BCUT2D eigenvalue weighted by atomic mass is 35.5. The number of anilines is 1. The molecule has 0 aliphatic heterocycles. The van der Waals surface area contributed by atoms with E-state index in [1.807, 2.05) is 0 Å². The van der Waals surface area contributed by atoms with Crippen LogP contribution in [0.5, 0.6) is 0 Å². The van der Waals surface area contributed by atoms with Crippen LogP contribution in [-0.4, -0.2) is 24.1 Å². The van der Waals surface area contributed by atoms with Crippen LogP contribution in [0.3, 0.4) is 0 Å². The summed E-state index contributed by atoms with van der Waals surface area (Å²) in [4.78, 5) is 15.0. The molecule has 0 aliphatic rings. The first kappa shape index (κ1) is 10.8. The highest BCUT2D eigenvalue weighted by molar-refractivity contribution is 6.29. The van der Waals surface area contributed by atoms with Gasteiger partial charge in [-0.3, -0.25) is 0 Å². The monoisotopic (exact) mass is 214 g/mol. The predicted molar refractivity (Wildman–Crippen MR) is 54.3 cm³/mol. The van der Waals surface area contributed by atoms with Crippen molar-refractivity contribution < 1.29 is 9.53 Å². The number of rotatable bonds is 3. The third-order valence-electron chi connectivity index (χ3n) is 1.63. The molecule has 5 heteroatoms. The van der Waals surface area contributed by atoms with Crippen LogP contribution in [0.25, 0.3) is 0 Å². The number of carbonyl (C=O) groups excluding carboxylic acids is 1. The maximum absolute atomic E-state index is 11.1. The van der Waals surface area contributed by atoms with Crippen molar-refractivity contribution in [1.82, 2.24) is 4.98 Å². The summed E-state index contributed by atoms with van der Waals surface area (Å²) < 4.78 is 4.55. The van der Waals surface area contributed by atoms with Crippen molar-refractivity contribution in [3.05, 3.63) is 23.4 Å². The second-order valence-corrected chi connectivity index (χ2v) is 3.12. The highest BCUT2D eigenvalue weighted by Gasteiger charge is 2.12. The minimum atomic E-state index is -0.439. The van der Waals surface area contributed by atoms with Gasteiger partial charge < -0.3 is 10.1 Å². The van der Waals surface area contributed by atoms with E-state index < -0.39 is 6.04 Å². The molecule has 0 aromatic carbocycles. The van der Waals surface area contributed by atoms with E-state index in [1.165, 1.54) is 7.11 Å². The van der Waals surface area contributed by atoms with Crippen molar-refractivity contribution in [2.75, 3.05) is 12.4 Å². The van der Waals surface area contributed by atoms with E-state index in [0.717, 1.165) is 0 Å². The first-order valence-corrected chi connectivity index (χ1v) is 4.48. The van der Waals surface area contributed by atoms with Gasteiger partial charge in [0.25, 0.3) is 0 Å². The zero-order valence-corrected chi connectivity index (χ0v) is 8.71. The van der Waals surface area contributed by atoms with E-state index in [4.69, 9.17) is 11.6 Å². The van der Waals surface area contributed by atoms with E-state index in [-0.39, 0.29) is 5.97 Å². The third kappa shape index (κ3) is 2.88. The fourth-order valence-corrected chi connectivity index (χ4v) is 1.11. The average Bonchev–Trinajstić information content (AvgIpc) is 2.16. The quantitative estimate of drug-likeness (QED) is 0.615. The number of methoxy groups -OCH3 is 1. The zero-order valence-electron chi connectivity index (χ0n) is 7.95. The maximum Gasteiger partial charge on any atom is 0.328 e. The number of esters is 1. The number of ether oxygens (including phenoxy) is 1. The Balaban J connectivity index is 2.64. The van der Waals surface area contributed by atoms with Gasteiger partial charge in [0.1, 0.15) is 17.0 Å². The number of hydrogen-bond donors (Lipinski definition) is 1. The fourth-order valence-electron chi connectivity index (χ4n) is 0.946. The normalized spacial score (nSPS) is 11.9. The summed E-state index contributed by atoms with van der Waals surface area (Å²) in [5.41, 5.74) is 0. The Morgan fingerprint density at radius 1 is 1.64 bits per heavy atom.